The first kappa shape index (κ1) is 12.8. The molecule has 0 fully saturated rings. The van der Waals surface area contributed by atoms with Gasteiger partial charge in [-0.3, -0.25) is 0 Å². The summed E-state index contributed by atoms with van der Waals surface area (Å²) in [6.07, 6.45) is -0.728. The Hall–Kier alpha value is -1.23. The van der Waals surface area contributed by atoms with Crippen LogP contribution in [0.4, 0.5) is 4.39 Å². The Morgan fingerprint density at radius 3 is 2.63 bits per heavy atom. The van der Waals surface area contributed by atoms with Crippen molar-refractivity contribution in [2.45, 2.75) is 6.10 Å². The van der Waals surface area contributed by atoms with E-state index < -0.39 is 6.10 Å². The molecule has 19 heavy (non-hydrogen) atoms. The van der Waals surface area contributed by atoms with Gasteiger partial charge in [-0.05, 0) is 51.1 Å². The van der Waals surface area contributed by atoms with Crippen LogP contribution < -0.4 is 0 Å². The van der Waals surface area contributed by atoms with Crippen LogP contribution in [-0.2, 0) is 0 Å². The molecule has 2 aromatic carbocycles. The number of hydrogen-bond acceptors (Lipinski definition) is 2. The van der Waals surface area contributed by atoms with E-state index in [2.05, 4.69) is 15.9 Å². The third-order valence-electron chi connectivity index (χ3n) is 2.97. The van der Waals surface area contributed by atoms with E-state index in [1.807, 2.05) is 30.3 Å². The molecule has 1 aromatic heterocycles. The number of aliphatic hydroxyl groups is 1. The second-order valence-corrected chi connectivity index (χ2v) is 6.23. The van der Waals surface area contributed by atoms with Gasteiger partial charge in [0, 0.05) is 9.58 Å². The Labute approximate surface area is 122 Å². The maximum Gasteiger partial charge on any atom is 0.137 e. The highest BCUT2D eigenvalue weighted by molar-refractivity contribution is 9.10. The summed E-state index contributed by atoms with van der Waals surface area (Å²) in [5, 5.41) is 11.5. The average molecular weight is 337 g/mol. The zero-order valence-corrected chi connectivity index (χ0v) is 12.2. The standard InChI is InChI=1S/C15H10BrFOS/c16-11-7-10(5-6-12(11)17)15(18)14-8-9-3-1-2-4-13(9)19-14/h1-8,15,18H. The second kappa shape index (κ2) is 5.04. The van der Waals surface area contributed by atoms with Gasteiger partial charge in [-0.2, -0.15) is 0 Å². The molecule has 0 saturated carbocycles. The van der Waals surface area contributed by atoms with Crippen LogP contribution in [0.1, 0.15) is 16.5 Å². The van der Waals surface area contributed by atoms with Gasteiger partial charge in [0.2, 0.25) is 0 Å². The molecular weight excluding hydrogens is 327 g/mol. The fourth-order valence-electron chi connectivity index (χ4n) is 1.98. The van der Waals surface area contributed by atoms with Crippen LogP contribution in [0.5, 0.6) is 0 Å². The van der Waals surface area contributed by atoms with E-state index in [0.29, 0.717) is 10.0 Å². The van der Waals surface area contributed by atoms with Crippen molar-refractivity contribution in [2.75, 3.05) is 0 Å². The summed E-state index contributed by atoms with van der Waals surface area (Å²) in [5.41, 5.74) is 0.680. The van der Waals surface area contributed by atoms with Crippen LogP contribution in [0.2, 0.25) is 0 Å². The molecule has 1 unspecified atom stereocenters. The molecule has 4 heteroatoms. The van der Waals surface area contributed by atoms with Crippen molar-refractivity contribution in [2.24, 2.45) is 0 Å². The third-order valence-corrected chi connectivity index (χ3v) is 4.75. The Morgan fingerprint density at radius 1 is 1.11 bits per heavy atom. The highest BCUT2D eigenvalue weighted by Gasteiger charge is 2.15. The topological polar surface area (TPSA) is 20.2 Å². The second-order valence-electron chi connectivity index (χ2n) is 4.26. The van der Waals surface area contributed by atoms with Crippen LogP contribution in [-0.4, -0.2) is 5.11 Å². The van der Waals surface area contributed by atoms with Crippen molar-refractivity contribution in [3.8, 4) is 0 Å². The molecular formula is C15H10BrFOS. The van der Waals surface area contributed by atoms with Gasteiger partial charge in [0.25, 0.3) is 0 Å². The monoisotopic (exact) mass is 336 g/mol. The highest BCUT2D eigenvalue weighted by atomic mass is 79.9. The summed E-state index contributed by atoms with van der Waals surface area (Å²) in [5.74, 6) is -0.327. The first-order valence-corrected chi connectivity index (χ1v) is 7.37. The summed E-state index contributed by atoms with van der Waals surface area (Å²) >= 11 is 4.69. The van der Waals surface area contributed by atoms with Crippen LogP contribution in [0.3, 0.4) is 0 Å². The number of hydrogen-bond donors (Lipinski definition) is 1. The molecule has 1 N–H and O–H groups in total. The van der Waals surface area contributed by atoms with Gasteiger partial charge in [-0.25, -0.2) is 4.39 Å². The quantitative estimate of drug-likeness (QED) is 0.706. The smallest absolute Gasteiger partial charge is 0.137 e. The molecule has 96 valence electrons. The molecule has 0 aliphatic heterocycles. The molecule has 0 bridgehead atoms. The van der Waals surface area contributed by atoms with E-state index in [1.54, 1.807) is 23.5 Å². The summed E-state index contributed by atoms with van der Waals surface area (Å²) in [6.45, 7) is 0. The largest absolute Gasteiger partial charge is 0.383 e. The average Bonchev–Trinajstić information content (AvgIpc) is 2.85. The fraction of sp³-hybridized carbons (Fsp3) is 0.0667. The van der Waals surface area contributed by atoms with Crippen molar-refractivity contribution >= 4 is 37.4 Å². The first-order chi connectivity index (χ1) is 9.15. The summed E-state index contributed by atoms with van der Waals surface area (Å²) < 4.78 is 14.7. The van der Waals surface area contributed by atoms with Gasteiger partial charge in [-0.1, -0.05) is 24.3 Å². The minimum atomic E-state index is -0.728. The van der Waals surface area contributed by atoms with Gasteiger partial charge in [-0.15, -0.1) is 11.3 Å². The van der Waals surface area contributed by atoms with Gasteiger partial charge in [0.05, 0.1) is 4.47 Å². The number of benzene rings is 2. The normalized spacial score (nSPS) is 12.8. The predicted octanol–water partition coefficient (Wildman–Crippen LogP) is 4.88. The fourth-order valence-corrected chi connectivity index (χ4v) is 3.46. The maximum absolute atomic E-state index is 13.2. The van der Waals surface area contributed by atoms with Gasteiger partial charge in [0.1, 0.15) is 11.9 Å². The predicted molar refractivity (Wildman–Crippen MR) is 80.0 cm³/mol. The lowest BCUT2D eigenvalue weighted by molar-refractivity contribution is 0.224. The molecule has 0 spiro atoms. The third kappa shape index (κ3) is 2.43. The molecule has 1 heterocycles. The lowest BCUT2D eigenvalue weighted by Crippen LogP contribution is -1.97. The van der Waals surface area contributed by atoms with Gasteiger partial charge < -0.3 is 5.11 Å². The van der Waals surface area contributed by atoms with Crippen molar-refractivity contribution in [3.63, 3.8) is 0 Å². The lowest BCUT2D eigenvalue weighted by atomic mass is 10.1. The van der Waals surface area contributed by atoms with Gasteiger partial charge in [0.15, 0.2) is 0 Å². The maximum atomic E-state index is 13.2. The highest BCUT2D eigenvalue weighted by Crippen LogP contribution is 2.34. The Morgan fingerprint density at radius 2 is 1.89 bits per heavy atom. The van der Waals surface area contributed by atoms with Crippen LogP contribution in [0, 0.1) is 5.82 Å². The van der Waals surface area contributed by atoms with Crippen molar-refractivity contribution in [3.05, 3.63) is 69.3 Å². The van der Waals surface area contributed by atoms with E-state index in [-0.39, 0.29) is 5.82 Å². The molecule has 3 rings (SSSR count). The Bertz CT molecular complexity index is 705. The zero-order chi connectivity index (χ0) is 13.4. The van der Waals surface area contributed by atoms with Gasteiger partial charge >= 0.3 is 0 Å². The molecule has 1 atom stereocenters. The summed E-state index contributed by atoms with van der Waals surface area (Å²) in [4.78, 5) is 0.861. The molecule has 0 aliphatic carbocycles. The summed E-state index contributed by atoms with van der Waals surface area (Å²) in [7, 11) is 0. The van der Waals surface area contributed by atoms with Crippen LogP contribution >= 0.6 is 27.3 Å². The van der Waals surface area contributed by atoms with E-state index in [1.165, 1.54) is 6.07 Å². The zero-order valence-electron chi connectivity index (χ0n) is 9.81. The number of fused-ring (bicyclic) bond motifs is 1. The number of aliphatic hydroxyl groups excluding tert-OH is 1. The van der Waals surface area contributed by atoms with Crippen molar-refractivity contribution in [1.29, 1.82) is 0 Å². The van der Waals surface area contributed by atoms with Crippen molar-refractivity contribution < 1.29 is 9.50 Å². The molecule has 0 radical (unpaired) electrons. The molecule has 3 aromatic rings. The summed E-state index contributed by atoms with van der Waals surface area (Å²) in [6, 6.07) is 14.5. The number of thiophene rings is 1. The SMILES string of the molecule is OC(c1ccc(F)c(Br)c1)c1cc2ccccc2s1. The Kier molecular flexibility index (Phi) is 3.39. The minimum Gasteiger partial charge on any atom is -0.383 e. The van der Waals surface area contributed by atoms with Crippen LogP contribution in [0.25, 0.3) is 10.1 Å². The van der Waals surface area contributed by atoms with Crippen LogP contribution in [0.15, 0.2) is 53.0 Å². The molecule has 0 saturated heterocycles. The molecule has 0 amide bonds. The Balaban J connectivity index is 2.02. The van der Waals surface area contributed by atoms with E-state index >= 15 is 0 Å². The van der Waals surface area contributed by atoms with E-state index in [9.17, 15) is 9.50 Å². The van der Waals surface area contributed by atoms with Crippen molar-refractivity contribution in [1.82, 2.24) is 0 Å². The molecule has 0 aliphatic rings. The van der Waals surface area contributed by atoms with E-state index in [4.69, 9.17) is 0 Å². The number of rotatable bonds is 2. The first-order valence-electron chi connectivity index (χ1n) is 5.76. The lowest BCUT2D eigenvalue weighted by Gasteiger charge is -2.09. The molecule has 1 nitrogen and oxygen atoms in total. The number of halogens is 2. The minimum absolute atomic E-state index is 0.327. The van der Waals surface area contributed by atoms with E-state index in [0.717, 1.165) is 15.0 Å².